The summed E-state index contributed by atoms with van der Waals surface area (Å²) >= 11 is 0. The summed E-state index contributed by atoms with van der Waals surface area (Å²) in [5.41, 5.74) is 0. The van der Waals surface area contributed by atoms with Crippen LogP contribution >= 0.6 is 15.6 Å². The summed E-state index contributed by atoms with van der Waals surface area (Å²) in [4.78, 5) is 73.0. The maximum atomic E-state index is 13.1. The van der Waals surface area contributed by atoms with Crippen molar-refractivity contribution in [1.82, 2.24) is 0 Å². The van der Waals surface area contributed by atoms with E-state index in [9.17, 15) is 43.2 Å². The van der Waals surface area contributed by atoms with E-state index in [-0.39, 0.29) is 25.7 Å². The highest BCUT2D eigenvalue weighted by Crippen LogP contribution is 2.45. The molecule has 102 heavy (non-hydrogen) atoms. The van der Waals surface area contributed by atoms with Crippen LogP contribution in [0.2, 0.25) is 0 Å². The molecule has 0 rings (SSSR count). The van der Waals surface area contributed by atoms with Gasteiger partial charge in [0, 0.05) is 25.7 Å². The van der Waals surface area contributed by atoms with Gasteiger partial charge in [0.1, 0.15) is 19.3 Å². The highest BCUT2D eigenvalue weighted by molar-refractivity contribution is 7.47. The van der Waals surface area contributed by atoms with Gasteiger partial charge < -0.3 is 33.8 Å². The minimum Gasteiger partial charge on any atom is -0.462 e. The number of rotatable bonds is 74. The summed E-state index contributed by atoms with van der Waals surface area (Å²) in [5.74, 6) is -2.24. The summed E-state index contributed by atoms with van der Waals surface area (Å²) in [6.07, 6.45) is 81.7. The molecule has 0 fully saturated rings. The number of carbonyl (C=O) groups is 4. The van der Waals surface area contributed by atoms with Crippen LogP contribution in [0, 0.1) is 0 Å². The van der Waals surface area contributed by atoms with Crippen molar-refractivity contribution in [3.05, 3.63) is 122 Å². The van der Waals surface area contributed by atoms with Gasteiger partial charge in [0.25, 0.3) is 0 Å². The molecule has 0 aliphatic heterocycles. The van der Waals surface area contributed by atoms with Crippen LogP contribution in [0.15, 0.2) is 122 Å². The van der Waals surface area contributed by atoms with Gasteiger partial charge in [-0.25, -0.2) is 9.13 Å². The van der Waals surface area contributed by atoms with Crippen LogP contribution in [0.3, 0.4) is 0 Å². The zero-order valence-electron chi connectivity index (χ0n) is 64.0. The first-order valence-corrected chi connectivity index (χ1v) is 42.8. The second-order valence-corrected chi connectivity index (χ2v) is 29.2. The summed E-state index contributed by atoms with van der Waals surface area (Å²) in [6, 6.07) is 0. The zero-order valence-corrected chi connectivity index (χ0v) is 65.8. The molecule has 0 heterocycles. The number of hydrogen-bond acceptors (Lipinski definition) is 15. The second kappa shape index (κ2) is 74.7. The third kappa shape index (κ3) is 73.8. The number of esters is 4. The standard InChI is InChI=1S/C83H142O17P2/c1-5-9-13-17-21-25-29-33-36-37-38-39-42-45-48-52-56-60-64-68-81(86)94-73-78(99-82(87)69-65-61-57-53-49-43-32-28-24-20-16-12-8-4)75-97-101(89,90)95-71-77(84)72-96-102(91,92)98-76-79(100-83(88)70-66-62-58-54-50-46-41-35-31-27-23-19-15-11-7-3)74-93-80(85)67-63-59-55-51-47-44-40-34-30-26-22-18-14-10-6-2/h9-10,13-14,21-23,25-27,33-36,38-41,45,48,77-79,84H,5-8,11-12,15-20,24,28-32,37,42-44,46-47,49-76H2,1-4H3,(H,89,90)(H,91,92)/b13-9-,14-10-,25-21-,26-22-,27-23-,36-33-,39-38-,40-34-,41-35-,48-45-. The molecule has 0 aromatic rings. The lowest BCUT2D eigenvalue weighted by atomic mass is 10.0. The van der Waals surface area contributed by atoms with Crippen LogP contribution in [0.4, 0.5) is 0 Å². The Balaban J connectivity index is 5.39. The molecule has 19 heteroatoms. The molecule has 3 N–H and O–H groups in total. The molecule has 0 aromatic heterocycles. The van der Waals surface area contributed by atoms with Crippen molar-refractivity contribution in [2.24, 2.45) is 0 Å². The van der Waals surface area contributed by atoms with Crippen LogP contribution < -0.4 is 0 Å². The van der Waals surface area contributed by atoms with Gasteiger partial charge in [-0.1, -0.05) is 284 Å². The maximum absolute atomic E-state index is 13.1. The lowest BCUT2D eigenvalue weighted by molar-refractivity contribution is -0.161. The van der Waals surface area contributed by atoms with Gasteiger partial charge in [0.15, 0.2) is 12.2 Å². The molecule has 17 nitrogen and oxygen atoms in total. The molecule has 0 saturated carbocycles. The number of phosphoric ester groups is 2. The Hall–Kier alpha value is -4.54. The minimum absolute atomic E-state index is 0.0731. The van der Waals surface area contributed by atoms with Crippen molar-refractivity contribution in [1.29, 1.82) is 0 Å². The Morgan fingerprint density at radius 3 is 0.814 bits per heavy atom. The molecule has 0 radical (unpaired) electrons. The van der Waals surface area contributed by atoms with Crippen molar-refractivity contribution in [2.75, 3.05) is 39.6 Å². The average Bonchev–Trinajstić information content (AvgIpc) is 0.908. The van der Waals surface area contributed by atoms with Gasteiger partial charge in [-0.05, 0) is 135 Å². The molecule has 0 spiro atoms. The quantitative estimate of drug-likeness (QED) is 0.0169. The van der Waals surface area contributed by atoms with Crippen LogP contribution in [0.25, 0.3) is 0 Å². The SMILES string of the molecule is CC/C=C\C/C=C\C/C=C\C/C=C\C/C=C\CCCCCC(=O)OCC(COP(=O)(O)OCC(O)COP(=O)(O)OCC(COC(=O)CCCCCCC/C=C\C/C=C\C/C=C\CC)OC(=O)CCCCCCC/C=C\C/C=C\CCCCC)OC(=O)CCCCCCCCCCCCCCC. The Kier molecular flexibility index (Phi) is 71.4. The van der Waals surface area contributed by atoms with E-state index in [4.69, 9.17) is 37.0 Å². The zero-order chi connectivity index (χ0) is 74.6. The van der Waals surface area contributed by atoms with E-state index in [1.165, 1.54) is 70.6 Å². The van der Waals surface area contributed by atoms with Gasteiger partial charge in [-0.3, -0.25) is 37.3 Å². The topological polar surface area (TPSA) is 237 Å². The van der Waals surface area contributed by atoms with Gasteiger partial charge in [0.2, 0.25) is 0 Å². The number of ether oxygens (including phenoxy) is 4. The molecule has 586 valence electrons. The molecule has 5 atom stereocenters. The molecular formula is C83H142O17P2. The number of hydrogen-bond donors (Lipinski definition) is 3. The van der Waals surface area contributed by atoms with Crippen molar-refractivity contribution in [3.8, 4) is 0 Å². The summed E-state index contributed by atoms with van der Waals surface area (Å²) < 4.78 is 68.6. The number of aliphatic hydroxyl groups excluding tert-OH is 1. The van der Waals surface area contributed by atoms with Gasteiger partial charge in [-0.15, -0.1) is 0 Å². The van der Waals surface area contributed by atoms with Gasteiger partial charge in [-0.2, -0.15) is 0 Å². The normalized spacial score (nSPS) is 14.5. The van der Waals surface area contributed by atoms with E-state index in [0.717, 1.165) is 173 Å². The fourth-order valence-electron chi connectivity index (χ4n) is 10.4. The third-order valence-electron chi connectivity index (χ3n) is 16.4. The predicted octanol–water partition coefficient (Wildman–Crippen LogP) is 23.1. The largest absolute Gasteiger partial charge is 0.472 e. The third-order valence-corrected chi connectivity index (χ3v) is 18.3. The van der Waals surface area contributed by atoms with E-state index < -0.39 is 97.5 Å². The Bertz CT molecular complexity index is 2410. The Morgan fingerprint density at radius 1 is 0.284 bits per heavy atom. The molecule has 0 aromatic carbocycles. The molecule has 0 bridgehead atoms. The van der Waals surface area contributed by atoms with Crippen molar-refractivity contribution >= 4 is 39.5 Å². The first-order valence-electron chi connectivity index (χ1n) is 39.8. The molecule has 0 aliphatic rings. The summed E-state index contributed by atoms with van der Waals surface area (Å²) in [6.45, 7) is 4.57. The first kappa shape index (κ1) is 97.5. The summed E-state index contributed by atoms with van der Waals surface area (Å²) in [7, 11) is -9.97. The van der Waals surface area contributed by atoms with Crippen LogP contribution in [0.5, 0.6) is 0 Å². The number of phosphoric acid groups is 2. The number of carbonyl (C=O) groups excluding carboxylic acids is 4. The summed E-state index contributed by atoms with van der Waals surface area (Å²) in [5, 5.41) is 10.6. The minimum atomic E-state index is -4.99. The molecular weight excluding hydrogens is 1330 g/mol. The fourth-order valence-corrected chi connectivity index (χ4v) is 12.0. The Labute approximate surface area is 619 Å². The average molecular weight is 1470 g/mol. The van der Waals surface area contributed by atoms with Crippen molar-refractivity contribution < 1.29 is 80.2 Å². The number of allylic oxidation sites excluding steroid dienone is 20. The monoisotopic (exact) mass is 1470 g/mol. The van der Waals surface area contributed by atoms with Gasteiger partial charge in [0.05, 0.1) is 26.4 Å². The predicted molar refractivity (Wildman–Crippen MR) is 418 cm³/mol. The second-order valence-electron chi connectivity index (χ2n) is 26.2. The fraction of sp³-hybridized carbons (Fsp3) is 0.711. The molecule has 0 aliphatic carbocycles. The van der Waals surface area contributed by atoms with Crippen LogP contribution in [-0.2, 0) is 65.4 Å². The highest BCUT2D eigenvalue weighted by atomic mass is 31.2. The van der Waals surface area contributed by atoms with Crippen molar-refractivity contribution in [3.63, 3.8) is 0 Å². The lowest BCUT2D eigenvalue weighted by Crippen LogP contribution is -2.30. The Morgan fingerprint density at radius 2 is 0.510 bits per heavy atom. The molecule has 0 amide bonds. The highest BCUT2D eigenvalue weighted by Gasteiger charge is 2.30. The van der Waals surface area contributed by atoms with Crippen molar-refractivity contribution in [2.45, 2.75) is 341 Å². The number of aliphatic hydroxyl groups is 1. The molecule has 0 saturated heterocycles. The van der Waals surface area contributed by atoms with E-state index >= 15 is 0 Å². The lowest BCUT2D eigenvalue weighted by Gasteiger charge is -2.21. The van der Waals surface area contributed by atoms with E-state index in [1.807, 2.05) is 0 Å². The maximum Gasteiger partial charge on any atom is 0.472 e. The molecule has 5 unspecified atom stereocenters. The van der Waals surface area contributed by atoms with Crippen LogP contribution in [-0.4, -0.2) is 96.7 Å². The van der Waals surface area contributed by atoms with Gasteiger partial charge >= 0.3 is 39.5 Å². The first-order chi connectivity index (χ1) is 49.7. The van der Waals surface area contributed by atoms with E-state index in [0.29, 0.717) is 25.7 Å². The van der Waals surface area contributed by atoms with E-state index in [2.05, 4.69) is 149 Å². The number of unbranched alkanes of at least 4 members (excludes halogenated alkanes) is 28. The smallest absolute Gasteiger partial charge is 0.462 e. The van der Waals surface area contributed by atoms with Crippen LogP contribution in [0.1, 0.15) is 323 Å². The van der Waals surface area contributed by atoms with E-state index in [1.54, 1.807) is 0 Å².